The standard InChI is InChI=1S/C32H39ClN5O10P/c1-19(2)32(42)46-17-45-25(39)15-35-49(43,48-21-10-4-3-5-11-21)18-44-16-24-27(40)28(41)31(47-24)38-13-12-22-26(36-20-8-6-7-9-20)23(14-34)29(33)37-30(22)38/h3-5,10-13,19-20,24,27-28,31,40-41H,6-9,15-18H2,1-2H3,(H,35,43)(H,36,37)/t24?,27-,28-,31-,49?/m1/s1. The van der Waals surface area contributed by atoms with Crippen LogP contribution in [0.25, 0.3) is 11.0 Å². The Hall–Kier alpha value is -3.74. The summed E-state index contributed by atoms with van der Waals surface area (Å²) in [6.07, 6.45) is 0.201. The Morgan fingerprint density at radius 1 is 1.16 bits per heavy atom. The van der Waals surface area contributed by atoms with E-state index in [0.29, 0.717) is 16.7 Å². The number of aliphatic hydroxyl groups excluding tert-OH is 2. The number of nitrogens with one attached hydrogen (secondary N) is 2. The normalized spacial score (nSPS) is 22.1. The van der Waals surface area contributed by atoms with Gasteiger partial charge in [0.2, 0.25) is 6.79 Å². The van der Waals surface area contributed by atoms with Crippen LogP contribution in [-0.2, 0) is 33.1 Å². The molecule has 1 aliphatic heterocycles. The van der Waals surface area contributed by atoms with Crippen LogP contribution in [0.2, 0.25) is 5.15 Å². The average Bonchev–Trinajstić information content (AvgIpc) is 3.81. The Kier molecular flexibility index (Phi) is 12.2. The number of aromatic nitrogens is 2. The van der Waals surface area contributed by atoms with E-state index >= 15 is 0 Å². The number of carbonyl (C=O) groups is 2. The number of carbonyl (C=O) groups excluding carboxylic acids is 2. The van der Waals surface area contributed by atoms with Gasteiger partial charge in [0.05, 0.1) is 18.2 Å². The van der Waals surface area contributed by atoms with Crippen molar-refractivity contribution >= 4 is 47.8 Å². The molecule has 264 valence electrons. The number of ether oxygens (including phenoxy) is 4. The highest BCUT2D eigenvalue weighted by atomic mass is 35.5. The lowest BCUT2D eigenvalue weighted by Gasteiger charge is -2.22. The van der Waals surface area contributed by atoms with Crippen LogP contribution in [0.5, 0.6) is 5.75 Å². The summed E-state index contributed by atoms with van der Waals surface area (Å²) >= 11 is 6.43. The summed E-state index contributed by atoms with van der Waals surface area (Å²) in [6.45, 7) is 1.79. The number of nitriles is 1. The Morgan fingerprint density at radius 2 is 1.90 bits per heavy atom. The number of aliphatic hydroxyl groups is 2. The lowest BCUT2D eigenvalue weighted by Crippen LogP contribution is -2.34. The molecule has 2 unspecified atom stereocenters. The summed E-state index contributed by atoms with van der Waals surface area (Å²) in [5.41, 5.74) is 1.12. The highest BCUT2D eigenvalue weighted by molar-refractivity contribution is 7.57. The molecule has 4 N–H and O–H groups in total. The van der Waals surface area contributed by atoms with Crippen LogP contribution in [0.15, 0.2) is 42.6 Å². The fraction of sp³-hybridized carbons (Fsp3) is 0.500. The molecule has 3 aromatic rings. The quantitative estimate of drug-likeness (QED) is 0.0757. The van der Waals surface area contributed by atoms with Crippen molar-refractivity contribution in [3.8, 4) is 11.8 Å². The first-order chi connectivity index (χ1) is 23.5. The molecule has 2 aliphatic rings. The Morgan fingerprint density at radius 3 is 2.59 bits per heavy atom. The predicted octanol–water partition coefficient (Wildman–Crippen LogP) is 4.07. The van der Waals surface area contributed by atoms with Crippen molar-refractivity contribution in [2.45, 2.75) is 70.1 Å². The maximum atomic E-state index is 13.8. The Bertz CT molecular complexity index is 1710. The van der Waals surface area contributed by atoms with Crippen molar-refractivity contribution in [1.29, 1.82) is 5.26 Å². The van der Waals surface area contributed by atoms with Gasteiger partial charge in [0, 0.05) is 17.6 Å². The molecule has 0 spiro atoms. The number of nitrogens with zero attached hydrogens (tertiary/aromatic N) is 3. The van der Waals surface area contributed by atoms with Crippen LogP contribution < -0.4 is 14.9 Å². The summed E-state index contributed by atoms with van der Waals surface area (Å²) in [6, 6.07) is 12.3. The van der Waals surface area contributed by atoms with E-state index in [1.54, 1.807) is 56.4 Å². The maximum Gasteiger partial charge on any atom is 0.342 e. The van der Waals surface area contributed by atoms with Crippen molar-refractivity contribution in [3.05, 3.63) is 53.3 Å². The van der Waals surface area contributed by atoms with Gasteiger partial charge in [-0.15, -0.1) is 0 Å². The first-order valence-electron chi connectivity index (χ1n) is 15.9. The van der Waals surface area contributed by atoms with Crippen LogP contribution in [0.1, 0.15) is 51.3 Å². The van der Waals surface area contributed by atoms with Gasteiger partial charge in [-0.2, -0.15) is 5.26 Å². The molecule has 1 saturated carbocycles. The largest absolute Gasteiger partial charge is 0.431 e. The van der Waals surface area contributed by atoms with E-state index in [1.807, 2.05) is 0 Å². The van der Waals surface area contributed by atoms with E-state index in [9.17, 15) is 29.6 Å². The number of anilines is 1. The average molecular weight is 720 g/mol. The lowest BCUT2D eigenvalue weighted by atomic mass is 10.1. The molecule has 3 heterocycles. The molecular weight excluding hydrogens is 681 g/mol. The number of halogens is 1. The molecule has 0 amide bonds. The highest BCUT2D eigenvalue weighted by Crippen LogP contribution is 2.43. The third-order valence-corrected chi connectivity index (χ3v) is 10.1. The number of para-hydroxylation sites is 1. The third-order valence-electron chi connectivity index (χ3n) is 8.14. The second kappa shape index (κ2) is 16.3. The van der Waals surface area contributed by atoms with E-state index < -0.39 is 69.6 Å². The van der Waals surface area contributed by atoms with E-state index in [2.05, 4.69) is 21.5 Å². The van der Waals surface area contributed by atoms with Crippen LogP contribution in [0, 0.1) is 17.2 Å². The molecule has 5 atom stereocenters. The number of hydrogen-bond acceptors (Lipinski definition) is 13. The maximum absolute atomic E-state index is 13.8. The van der Waals surface area contributed by atoms with Gasteiger partial charge in [-0.05, 0) is 31.0 Å². The van der Waals surface area contributed by atoms with Gasteiger partial charge >= 0.3 is 19.5 Å². The van der Waals surface area contributed by atoms with Gasteiger partial charge in [-0.25, -0.2) is 10.1 Å². The van der Waals surface area contributed by atoms with E-state index in [0.717, 1.165) is 25.7 Å². The zero-order valence-electron chi connectivity index (χ0n) is 27.0. The first kappa shape index (κ1) is 36.5. The predicted molar refractivity (Wildman–Crippen MR) is 177 cm³/mol. The monoisotopic (exact) mass is 719 g/mol. The summed E-state index contributed by atoms with van der Waals surface area (Å²) < 4.78 is 42.4. The van der Waals surface area contributed by atoms with Crippen molar-refractivity contribution < 1.29 is 47.8 Å². The molecule has 1 aliphatic carbocycles. The Balaban J connectivity index is 1.24. The van der Waals surface area contributed by atoms with Crippen LogP contribution in [0.3, 0.4) is 0 Å². The molecule has 0 bridgehead atoms. The van der Waals surface area contributed by atoms with Gasteiger partial charge in [-0.3, -0.25) is 14.2 Å². The minimum absolute atomic E-state index is 0.00881. The van der Waals surface area contributed by atoms with Crippen molar-refractivity contribution in [2.75, 3.05) is 31.6 Å². The lowest BCUT2D eigenvalue weighted by molar-refractivity contribution is -0.168. The molecule has 2 fully saturated rings. The molecule has 49 heavy (non-hydrogen) atoms. The first-order valence-corrected chi connectivity index (χ1v) is 18.1. The van der Waals surface area contributed by atoms with Crippen molar-refractivity contribution in [2.24, 2.45) is 5.92 Å². The van der Waals surface area contributed by atoms with Crippen molar-refractivity contribution in [3.63, 3.8) is 0 Å². The second-order valence-corrected chi connectivity index (χ2v) is 14.5. The number of rotatable bonds is 15. The number of esters is 2. The molecular formula is C32H39ClN5O10P. The molecule has 17 heteroatoms. The van der Waals surface area contributed by atoms with E-state index in [4.69, 9.17) is 35.1 Å². The number of fused-ring (bicyclic) bond motifs is 1. The summed E-state index contributed by atoms with van der Waals surface area (Å²) in [5, 5.41) is 38.3. The number of pyridine rings is 1. The summed E-state index contributed by atoms with van der Waals surface area (Å²) in [4.78, 5) is 28.3. The zero-order chi connectivity index (χ0) is 35.1. The fourth-order valence-corrected chi connectivity index (χ4v) is 7.17. The van der Waals surface area contributed by atoms with Crippen molar-refractivity contribution in [1.82, 2.24) is 14.6 Å². The van der Waals surface area contributed by atoms with Crippen LogP contribution in [0.4, 0.5) is 5.69 Å². The second-order valence-electron chi connectivity index (χ2n) is 12.1. The van der Waals surface area contributed by atoms with E-state index in [1.165, 1.54) is 4.57 Å². The van der Waals surface area contributed by atoms with Crippen LogP contribution >= 0.6 is 19.1 Å². The summed E-state index contributed by atoms with van der Waals surface area (Å²) in [7, 11) is -3.93. The zero-order valence-corrected chi connectivity index (χ0v) is 28.6. The van der Waals surface area contributed by atoms with Gasteiger partial charge < -0.3 is 43.6 Å². The SMILES string of the molecule is CC(C)C(=O)OCOC(=O)CNP(=O)(COCC1O[C@@H](n2ccc3c(NC4CCCC4)c(C#N)c(Cl)nc32)[C@H](O)[C@@H]1O)Oc1ccccc1. The van der Waals surface area contributed by atoms with Gasteiger partial charge in [0.1, 0.15) is 54.2 Å². The molecule has 1 saturated heterocycles. The molecule has 5 rings (SSSR count). The molecule has 0 radical (unpaired) electrons. The van der Waals surface area contributed by atoms with Gasteiger partial charge in [-0.1, -0.05) is 56.5 Å². The highest BCUT2D eigenvalue weighted by Gasteiger charge is 2.45. The van der Waals surface area contributed by atoms with Gasteiger partial charge in [0.15, 0.2) is 11.4 Å². The fourth-order valence-electron chi connectivity index (χ4n) is 5.57. The number of hydrogen-bond donors (Lipinski definition) is 4. The molecule has 2 aromatic heterocycles. The Labute approximate surface area is 287 Å². The van der Waals surface area contributed by atoms with Gasteiger partial charge in [0.25, 0.3) is 0 Å². The smallest absolute Gasteiger partial charge is 0.342 e. The topological polar surface area (TPSA) is 203 Å². The van der Waals surface area contributed by atoms with Crippen LogP contribution in [-0.4, -0.2) is 82.3 Å². The third kappa shape index (κ3) is 8.90. The minimum Gasteiger partial charge on any atom is -0.431 e. The molecule has 1 aromatic carbocycles. The molecule has 15 nitrogen and oxygen atoms in total. The minimum atomic E-state index is -3.93. The number of benzene rings is 1. The van der Waals surface area contributed by atoms with E-state index in [-0.39, 0.29) is 29.1 Å². The summed E-state index contributed by atoms with van der Waals surface area (Å²) in [5.74, 6) is -1.57.